The van der Waals surface area contributed by atoms with Crippen LogP contribution in [0.15, 0.2) is 4.52 Å². The number of hydrogen-bond donors (Lipinski definition) is 1. The van der Waals surface area contributed by atoms with Crippen molar-refractivity contribution in [1.29, 1.82) is 0 Å². The van der Waals surface area contributed by atoms with Gasteiger partial charge in [-0.05, 0) is 6.92 Å². The topological polar surface area (TPSA) is 60.2 Å². The molecule has 0 saturated carbocycles. The van der Waals surface area contributed by atoms with Gasteiger partial charge < -0.3 is 14.6 Å². The van der Waals surface area contributed by atoms with E-state index in [9.17, 15) is 0 Å². The summed E-state index contributed by atoms with van der Waals surface area (Å²) in [5, 5.41) is 6.89. The molecule has 0 bridgehead atoms. The summed E-state index contributed by atoms with van der Waals surface area (Å²) in [6.07, 6.45) is -0.0695. The van der Waals surface area contributed by atoms with Gasteiger partial charge in [-0.2, -0.15) is 4.98 Å². The summed E-state index contributed by atoms with van der Waals surface area (Å²) in [5.74, 6) is 1.22. The van der Waals surface area contributed by atoms with Crippen LogP contribution in [-0.2, 0) is 4.74 Å². The number of nitrogens with zero attached hydrogens (tertiary/aromatic N) is 2. The van der Waals surface area contributed by atoms with Crippen LogP contribution in [0.2, 0.25) is 0 Å². The van der Waals surface area contributed by atoms with Crippen LogP contribution in [0.1, 0.15) is 17.8 Å². The van der Waals surface area contributed by atoms with Gasteiger partial charge in [0.2, 0.25) is 0 Å². The van der Waals surface area contributed by atoms with Gasteiger partial charge in [-0.3, -0.25) is 0 Å². The van der Waals surface area contributed by atoms with E-state index in [1.807, 2.05) is 0 Å². The third kappa shape index (κ3) is 2.40. The molecule has 2 heterocycles. The molecule has 0 spiro atoms. The average molecular weight is 206 g/mol. The largest absolute Gasteiger partial charge is 0.366 e. The molecule has 1 N–H and O–H groups in total. The summed E-state index contributed by atoms with van der Waals surface area (Å²) in [6.45, 7) is 4.14. The zero-order chi connectivity index (χ0) is 8.39. The lowest BCUT2D eigenvalue weighted by Gasteiger charge is -2.19. The maximum atomic E-state index is 5.42. The minimum Gasteiger partial charge on any atom is -0.366 e. The Morgan fingerprint density at radius 2 is 2.38 bits per heavy atom. The van der Waals surface area contributed by atoms with Gasteiger partial charge in [-0.25, -0.2) is 0 Å². The highest BCUT2D eigenvalue weighted by molar-refractivity contribution is 5.85. The second-order valence-electron chi connectivity index (χ2n) is 2.74. The second kappa shape index (κ2) is 4.55. The Morgan fingerprint density at radius 1 is 1.54 bits per heavy atom. The van der Waals surface area contributed by atoms with Gasteiger partial charge in [0.1, 0.15) is 6.10 Å². The van der Waals surface area contributed by atoms with Crippen molar-refractivity contribution in [3.63, 3.8) is 0 Å². The molecule has 1 fully saturated rings. The Bertz CT molecular complexity index is 260. The monoisotopic (exact) mass is 205 g/mol. The highest BCUT2D eigenvalue weighted by Gasteiger charge is 2.20. The molecule has 6 heteroatoms. The van der Waals surface area contributed by atoms with Crippen LogP contribution in [0.3, 0.4) is 0 Å². The molecule has 2 rings (SSSR count). The third-order valence-corrected chi connectivity index (χ3v) is 1.75. The first-order chi connectivity index (χ1) is 5.86. The summed E-state index contributed by atoms with van der Waals surface area (Å²) in [6, 6.07) is 0. The standard InChI is InChI=1S/C7H11N3O2.ClH/c1-5-9-7(12-10-5)6-4-8-2-3-11-6;/h6,8H,2-4H2,1H3;1H. The molecule has 0 amide bonds. The van der Waals surface area contributed by atoms with Crippen molar-refractivity contribution in [3.8, 4) is 0 Å². The fraction of sp³-hybridized carbons (Fsp3) is 0.714. The van der Waals surface area contributed by atoms with E-state index in [-0.39, 0.29) is 18.5 Å². The third-order valence-electron chi connectivity index (χ3n) is 1.75. The fourth-order valence-electron chi connectivity index (χ4n) is 1.17. The number of nitrogens with one attached hydrogen (secondary N) is 1. The minimum absolute atomic E-state index is 0. The number of aryl methyl sites for hydroxylation is 1. The first kappa shape index (κ1) is 10.4. The predicted molar refractivity (Wildman–Crippen MR) is 47.8 cm³/mol. The summed E-state index contributed by atoms with van der Waals surface area (Å²) in [4.78, 5) is 4.09. The zero-order valence-corrected chi connectivity index (χ0v) is 8.13. The van der Waals surface area contributed by atoms with E-state index in [4.69, 9.17) is 9.26 Å². The van der Waals surface area contributed by atoms with Gasteiger partial charge in [0.25, 0.3) is 5.89 Å². The Morgan fingerprint density at radius 3 is 2.92 bits per heavy atom. The zero-order valence-electron chi connectivity index (χ0n) is 7.32. The van der Waals surface area contributed by atoms with Crippen molar-refractivity contribution in [2.75, 3.05) is 19.7 Å². The maximum absolute atomic E-state index is 5.42. The number of morpholine rings is 1. The Labute approximate surface area is 82.3 Å². The summed E-state index contributed by atoms with van der Waals surface area (Å²) in [5.41, 5.74) is 0. The van der Waals surface area contributed by atoms with Gasteiger partial charge in [-0.15, -0.1) is 12.4 Å². The summed E-state index contributed by atoms with van der Waals surface area (Å²) < 4.78 is 10.4. The van der Waals surface area contributed by atoms with Gasteiger partial charge in [0.05, 0.1) is 6.61 Å². The highest BCUT2D eigenvalue weighted by Crippen LogP contribution is 2.15. The molecule has 0 aliphatic carbocycles. The van der Waals surface area contributed by atoms with Crippen molar-refractivity contribution in [2.45, 2.75) is 13.0 Å². The lowest BCUT2D eigenvalue weighted by Crippen LogP contribution is -2.33. The first-order valence-electron chi connectivity index (χ1n) is 3.99. The lowest BCUT2D eigenvalue weighted by molar-refractivity contribution is 0.00755. The van der Waals surface area contributed by atoms with E-state index < -0.39 is 0 Å². The number of hydrogen-bond acceptors (Lipinski definition) is 5. The summed E-state index contributed by atoms with van der Waals surface area (Å²) >= 11 is 0. The number of halogens is 1. The van der Waals surface area contributed by atoms with E-state index in [1.54, 1.807) is 6.92 Å². The minimum atomic E-state index is -0.0695. The second-order valence-corrected chi connectivity index (χ2v) is 2.74. The molecule has 1 aromatic rings. The van der Waals surface area contributed by atoms with Crippen LogP contribution in [0, 0.1) is 6.92 Å². The average Bonchev–Trinajstić information content (AvgIpc) is 2.54. The maximum Gasteiger partial charge on any atom is 0.257 e. The van der Waals surface area contributed by atoms with E-state index in [0.29, 0.717) is 18.3 Å². The Hall–Kier alpha value is -0.650. The van der Waals surface area contributed by atoms with Crippen LogP contribution in [0.25, 0.3) is 0 Å². The van der Waals surface area contributed by atoms with Crippen LogP contribution >= 0.6 is 12.4 Å². The Balaban J connectivity index is 0.000000845. The molecule has 13 heavy (non-hydrogen) atoms. The van der Waals surface area contributed by atoms with E-state index >= 15 is 0 Å². The SMILES string of the molecule is Cc1noc(C2CNCCO2)n1.Cl. The fourth-order valence-corrected chi connectivity index (χ4v) is 1.17. The molecular formula is C7H12ClN3O2. The van der Waals surface area contributed by atoms with Gasteiger partial charge in [0, 0.05) is 13.1 Å². The van der Waals surface area contributed by atoms with Gasteiger partial charge >= 0.3 is 0 Å². The van der Waals surface area contributed by atoms with Crippen molar-refractivity contribution in [2.24, 2.45) is 0 Å². The van der Waals surface area contributed by atoms with Crippen LogP contribution < -0.4 is 5.32 Å². The van der Waals surface area contributed by atoms with Gasteiger partial charge in [0.15, 0.2) is 5.82 Å². The molecule has 1 aliphatic rings. The smallest absolute Gasteiger partial charge is 0.257 e. The quantitative estimate of drug-likeness (QED) is 0.722. The molecule has 1 unspecified atom stereocenters. The van der Waals surface area contributed by atoms with Gasteiger partial charge in [-0.1, -0.05) is 5.16 Å². The number of aromatic nitrogens is 2. The highest BCUT2D eigenvalue weighted by atomic mass is 35.5. The molecule has 5 nitrogen and oxygen atoms in total. The van der Waals surface area contributed by atoms with E-state index in [1.165, 1.54) is 0 Å². The van der Waals surface area contributed by atoms with Crippen molar-refractivity contribution in [3.05, 3.63) is 11.7 Å². The van der Waals surface area contributed by atoms with Crippen LogP contribution in [0.5, 0.6) is 0 Å². The molecular weight excluding hydrogens is 194 g/mol. The van der Waals surface area contributed by atoms with E-state index in [0.717, 1.165) is 13.1 Å². The van der Waals surface area contributed by atoms with Crippen molar-refractivity contribution < 1.29 is 9.26 Å². The Kier molecular flexibility index (Phi) is 3.65. The first-order valence-corrected chi connectivity index (χ1v) is 3.99. The molecule has 1 saturated heterocycles. The molecule has 1 atom stereocenters. The summed E-state index contributed by atoms with van der Waals surface area (Å²) in [7, 11) is 0. The van der Waals surface area contributed by atoms with E-state index in [2.05, 4.69) is 15.5 Å². The number of rotatable bonds is 1. The normalized spacial score (nSPS) is 22.4. The lowest BCUT2D eigenvalue weighted by atomic mass is 10.3. The number of ether oxygens (including phenoxy) is 1. The van der Waals surface area contributed by atoms with Crippen molar-refractivity contribution in [1.82, 2.24) is 15.5 Å². The molecule has 1 aromatic heterocycles. The molecule has 0 aromatic carbocycles. The van der Waals surface area contributed by atoms with Crippen LogP contribution in [-0.4, -0.2) is 29.8 Å². The van der Waals surface area contributed by atoms with Crippen molar-refractivity contribution >= 4 is 12.4 Å². The molecule has 74 valence electrons. The predicted octanol–water partition coefficient (Wildman–Crippen LogP) is 0.461. The molecule has 1 aliphatic heterocycles. The van der Waals surface area contributed by atoms with Crippen LogP contribution in [0.4, 0.5) is 0 Å². The molecule has 0 radical (unpaired) electrons.